The molecule has 7 N–H and O–H groups in total. The summed E-state index contributed by atoms with van der Waals surface area (Å²) in [7, 11) is -15.5. The number of aromatic nitrogens is 2. The summed E-state index contributed by atoms with van der Waals surface area (Å²) in [5, 5.41) is 22.1. The minimum absolute atomic E-state index is 0.143. The monoisotopic (exact) mass is 716 g/mol. The van der Waals surface area contributed by atoms with Crippen molar-refractivity contribution in [2.45, 2.75) is 46.1 Å². The molecule has 3 rings (SSSR count). The minimum Gasteiger partial charge on any atom is -0.508 e. The van der Waals surface area contributed by atoms with Crippen LogP contribution in [0.2, 0.25) is 0 Å². The van der Waals surface area contributed by atoms with Crippen LogP contribution in [0.1, 0.15) is 50.7 Å². The number of nitrogen functional groups attached to an aromatic ring is 1. The molecule has 24 heteroatoms. The molecule has 1 aromatic heterocycles. The molecule has 0 bridgehead atoms. The Balaban J connectivity index is 1.79. The number of benzene rings is 1. The Morgan fingerprint density at radius 3 is 2.37 bits per heavy atom. The smallest absolute Gasteiger partial charge is 0.490 e. The van der Waals surface area contributed by atoms with Gasteiger partial charge in [0.1, 0.15) is 23.9 Å². The summed E-state index contributed by atoms with van der Waals surface area (Å²) in [6, 6.07) is 4.19. The highest BCUT2D eigenvalue weighted by atomic mass is 31.3. The maximum Gasteiger partial charge on any atom is 0.490 e. The van der Waals surface area contributed by atoms with Crippen LogP contribution in [0.4, 0.5) is 11.5 Å². The molecule has 1 aromatic carbocycles. The second kappa shape index (κ2) is 13.9. The molecule has 0 saturated heterocycles. The van der Waals surface area contributed by atoms with Gasteiger partial charge in [0, 0.05) is 17.8 Å². The van der Waals surface area contributed by atoms with Crippen LogP contribution in [0.3, 0.4) is 0 Å². The molecule has 0 spiro atoms. The van der Waals surface area contributed by atoms with E-state index in [-0.39, 0.29) is 29.2 Å². The quantitative estimate of drug-likeness (QED) is 0.0929. The van der Waals surface area contributed by atoms with Crippen LogP contribution >= 0.6 is 23.5 Å². The van der Waals surface area contributed by atoms with Crippen LogP contribution in [-0.4, -0.2) is 52.9 Å². The van der Waals surface area contributed by atoms with Gasteiger partial charge in [0.2, 0.25) is 0 Å². The fourth-order valence-corrected chi connectivity index (χ4v) is 7.10. The largest absolute Gasteiger partial charge is 0.508 e. The summed E-state index contributed by atoms with van der Waals surface area (Å²) >= 11 is 0. The third-order valence-corrected chi connectivity index (χ3v) is 9.80. The van der Waals surface area contributed by atoms with Gasteiger partial charge in [-0.2, -0.15) is 13.6 Å². The van der Waals surface area contributed by atoms with Crippen molar-refractivity contribution in [3.8, 4) is 5.75 Å². The summed E-state index contributed by atoms with van der Waals surface area (Å²) in [5.74, 6) is -0.991. The number of aliphatic hydroxyl groups excluding tert-OH is 1. The van der Waals surface area contributed by atoms with Gasteiger partial charge < -0.3 is 44.6 Å². The zero-order chi connectivity index (χ0) is 34.8. The van der Waals surface area contributed by atoms with Crippen molar-refractivity contribution in [1.29, 1.82) is 0 Å². The lowest BCUT2D eigenvalue weighted by molar-refractivity contribution is -0.386. The lowest BCUT2D eigenvalue weighted by Crippen LogP contribution is -2.29. The molecule has 2 aromatic rings. The average Bonchev–Trinajstić information content (AvgIpc) is 3.25. The molecule has 0 saturated carbocycles. The van der Waals surface area contributed by atoms with Gasteiger partial charge >= 0.3 is 29.2 Å². The molecule has 1 aliphatic rings. The van der Waals surface area contributed by atoms with Gasteiger partial charge in [-0.25, -0.2) is 18.5 Å². The molecule has 2 heterocycles. The first-order chi connectivity index (χ1) is 21.0. The number of hydrogen-bond donors (Lipinski definition) is 6. The first-order valence-electron chi connectivity index (χ1n) is 12.7. The zero-order valence-electron chi connectivity index (χ0n) is 24.5. The normalized spacial score (nSPS) is 18.8. The van der Waals surface area contributed by atoms with E-state index < -0.39 is 76.4 Å². The first kappa shape index (κ1) is 37.3. The van der Waals surface area contributed by atoms with E-state index in [9.17, 15) is 43.5 Å². The highest BCUT2D eigenvalue weighted by Crippen LogP contribution is 2.66. The summed E-state index contributed by atoms with van der Waals surface area (Å²) in [6.45, 7) is 3.97. The number of nitrogens with two attached hydrogens (primary N) is 1. The number of phosphoric ester groups is 1. The zero-order valence-corrected chi connectivity index (χ0v) is 27.2. The van der Waals surface area contributed by atoms with E-state index in [0.717, 1.165) is 4.57 Å². The van der Waals surface area contributed by atoms with Gasteiger partial charge in [0.05, 0.1) is 36.7 Å². The number of aliphatic hydroxyl groups is 1. The third kappa shape index (κ3) is 9.90. The van der Waals surface area contributed by atoms with Crippen LogP contribution in [0.25, 0.3) is 0 Å². The van der Waals surface area contributed by atoms with E-state index in [1.165, 1.54) is 31.5 Å². The molecule has 0 aliphatic carbocycles. The van der Waals surface area contributed by atoms with Crippen LogP contribution in [0.5, 0.6) is 5.75 Å². The van der Waals surface area contributed by atoms with E-state index in [2.05, 4.69) is 18.1 Å². The Morgan fingerprint density at radius 1 is 1.15 bits per heavy atom. The van der Waals surface area contributed by atoms with E-state index in [1.54, 1.807) is 20.8 Å². The van der Waals surface area contributed by atoms with Crippen molar-refractivity contribution >= 4 is 35.0 Å². The van der Waals surface area contributed by atoms with Gasteiger partial charge in [0.25, 0.3) is 5.69 Å². The fraction of sp³-hybridized carbons (Fsp3) is 0.455. The molecule has 2 unspecified atom stereocenters. The van der Waals surface area contributed by atoms with Crippen LogP contribution in [0.15, 0.2) is 40.7 Å². The SMILES string of the molecule is COc1ccc([N+](=O)[O-])c([C@@H](OCc2cn([C@H]3CC(O)=C(COP(=O)(O)OP(=O)(O)OP(=O)(O)O)O3)c(=O)nc2N)C(C)(C)C)c1. The Labute approximate surface area is 259 Å². The number of anilines is 1. The van der Waals surface area contributed by atoms with Crippen molar-refractivity contribution in [1.82, 2.24) is 9.55 Å². The second-order valence-corrected chi connectivity index (χ2v) is 15.0. The number of methoxy groups -OCH3 is 1. The summed E-state index contributed by atoms with van der Waals surface area (Å²) in [4.78, 5) is 63.8. The Kier molecular flexibility index (Phi) is 11.3. The predicted octanol–water partition coefficient (Wildman–Crippen LogP) is 3.08. The van der Waals surface area contributed by atoms with Crippen molar-refractivity contribution < 1.29 is 70.7 Å². The standard InChI is InChI=1S/C22H31N4O17P3/c1-22(2,3)19(14-7-13(38-4)5-6-15(14)26(29)30)39-10-12-9-25(21(28)24-20(12)23)18-8-16(27)17(41-18)11-40-45(34,35)43-46(36,37)42-44(31,32)33/h5-7,9,18-19,27H,8,10-11H2,1-4H3,(H,34,35)(H,36,37)(H2,23,24,28)(H2,31,32,33)/t18-,19-/m1/s1. The number of phosphoric acid groups is 3. The molecular weight excluding hydrogens is 685 g/mol. The second-order valence-electron chi connectivity index (χ2n) is 10.6. The predicted molar refractivity (Wildman–Crippen MR) is 154 cm³/mol. The van der Waals surface area contributed by atoms with Gasteiger partial charge in [-0.15, -0.1) is 0 Å². The topological polar surface area (TPSA) is 312 Å². The molecule has 46 heavy (non-hydrogen) atoms. The van der Waals surface area contributed by atoms with Gasteiger partial charge in [-0.3, -0.25) is 19.2 Å². The highest BCUT2D eigenvalue weighted by Gasteiger charge is 2.41. The van der Waals surface area contributed by atoms with E-state index in [1.807, 2.05) is 0 Å². The Hall–Kier alpha value is -3.19. The number of nitro benzene ring substituents is 1. The third-order valence-electron chi connectivity index (χ3n) is 6.02. The van der Waals surface area contributed by atoms with Gasteiger partial charge in [-0.1, -0.05) is 20.8 Å². The molecule has 21 nitrogen and oxygen atoms in total. The summed E-state index contributed by atoms with van der Waals surface area (Å²) in [6.07, 6.45) is -1.40. The Bertz CT molecular complexity index is 1720. The van der Waals surface area contributed by atoms with Gasteiger partial charge in [0.15, 0.2) is 12.0 Å². The molecule has 1 aliphatic heterocycles. The molecule has 0 radical (unpaired) electrons. The number of nitro groups is 1. The highest BCUT2D eigenvalue weighted by molar-refractivity contribution is 7.66. The maximum absolute atomic E-state index is 12.7. The first-order valence-corrected chi connectivity index (χ1v) is 17.2. The van der Waals surface area contributed by atoms with Crippen molar-refractivity contribution in [3.05, 3.63) is 67.6 Å². The maximum atomic E-state index is 12.7. The number of ether oxygens (including phenoxy) is 3. The number of nitrogens with zero attached hydrogens (tertiary/aromatic N) is 3. The van der Waals surface area contributed by atoms with Crippen LogP contribution in [-0.2, 0) is 42.9 Å². The van der Waals surface area contributed by atoms with E-state index in [4.69, 9.17) is 29.7 Å². The molecule has 4 atom stereocenters. The molecule has 0 amide bonds. The average molecular weight is 716 g/mol. The summed E-state index contributed by atoms with van der Waals surface area (Å²) < 4.78 is 63.6. The van der Waals surface area contributed by atoms with Gasteiger partial charge in [-0.05, 0) is 17.5 Å². The van der Waals surface area contributed by atoms with E-state index >= 15 is 0 Å². The van der Waals surface area contributed by atoms with Crippen LogP contribution < -0.4 is 16.2 Å². The van der Waals surface area contributed by atoms with E-state index in [0.29, 0.717) is 5.75 Å². The van der Waals surface area contributed by atoms with Crippen LogP contribution in [0, 0.1) is 15.5 Å². The minimum atomic E-state index is -5.78. The Morgan fingerprint density at radius 2 is 1.80 bits per heavy atom. The molecule has 256 valence electrons. The summed E-state index contributed by atoms with van der Waals surface area (Å²) in [5.41, 5.74) is 4.45. The van der Waals surface area contributed by atoms with Crippen molar-refractivity contribution in [3.63, 3.8) is 0 Å². The molecule has 0 fully saturated rings. The molecular formula is C22H31N4O17P3. The number of rotatable bonds is 14. The van der Waals surface area contributed by atoms with Crippen molar-refractivity contribution in [2.24, 2.45) is 5.41 Å². The fourth-order valence-electron chi connectivity index (χ4n) is 4.12. The van der Waals surface area contributed by atoms with Crippen molar-refractivity contribution in [2.75, 3.05) is 19.5 Å². The lowest BCUT2D eigenvalue weighted by Gasteiger charge is -2.31. The number of hydrogen-bond acceptors (Lipinski definition) is 15. The lowest BCUT2D eigenvalue weighted by atomic mass is 9.83.